The number of aromatic nitrogens is 2. The third kappa shape index (κ3) is 2.83. The van der Waals surface area contributed by atoms with Gasteiger partial charge in [0.25, 0.3) is 5.56 Å². The molecule has 0 aliphatic heterocycles. The van der Waals surface area contributed by atoms with Gasteiger partial charge in [0.1, 0.15) is 10.6 Å². The highest BCUT2D eigenvalue weighted by Gasteiger charge is 2.24. The summed E-state index contributed by atoms with van der Waals surface area (Å²) < 4.78 is 15.8. The fourth-order valence-corrected chi connectivity index (χ4v) is 5.40. The van der Waals surface area contributed by atoms with E-state index < -0.39 is 11.1 Å². The molecule has 2 heterocycles. The van der Waals surface area contributed by atoms with Crippen LogP contribution in [-0.2, 0) is 12.8 Å². The van der Waals surface area contributed by atoms with Crippen LogP contribution in [0.3, 0.4) is 0 Å². The standard InChI is InChI=1S/C19H16FN3OS2/c1-11(10-21)25-19-22-17-16(12-6-2-5-9-15(12)26-17)18(24)23(19)14-8-4-3-7-13(14)20/h3-4,7-8,11H,2,5-6,9H2,1H3/t11-/m0/s1. The summed E-state index contributed by atoms with van der Waals surface area (Å²) in [6.07, 6.45) is 4.01. The lowest BCUT2D eigenvalue weighted by Gasteiger charge is -2.14. The number of para-hydroxylation sites is 1. The number of thiophene rings is 1. The summed E-state index contributed by atoms with van der Waals surface area (Å²) in [6.45, 7) is 1.74. The van der Waals surface area contributed by atoms with Crippen molar-refractivity contribution in [3.63, 3.8) is 0 Å². The molecular formula is C19H16FN3OS2. The molecule has 3 aromatic rings. The average Bonchev–Trinajstić information content (AvgIpc) is 3.01. The molecule has 0 radical (unpaired) electrons. The van der Waals surface area contributed by atoms with Gasteiger partial charge < -0.3 is 0 Å². The van der Waals surface area contributed by atoms with Crippen LogP contribution >= 0.6 is 23.1 Å². The molecule has 1 aliphatic rings. The molecule has 0 saturated heterocycles. The van der Waals surface area contributed by atoms with Crippen LogP contribution in [0.4, 0.5) is 4.39 Å². The van der Waals surface area contributed by atoms with Gasteiger partial charge in [-0.3, -0.25) is 9.36 Å². The summed E-state index contributed by atoms with van der Waals surface area (Å²) in [7, 11) is 0. The van der Waals surface area contributed by atoms with Crippen LogP contribution in [0.5, 0.6) is 0 Å². The molecule has 1 aliphatic carbocycles. The fourth-order valence-electron chi connectivity index (χ4n) is 3.30. The van der Waals surface area contributed by atoms with Crippen molar-refractivity contribution in [3.05, 3.63) is 50.9 Å². The van der Waals surface area contributed by atoms with Gasteiger partial charge in [-0.25, -0.2) is 9.37 Å². The highest BCUT2D eigenvalue weighted by atomic mass is 32.2. The predicted octanol–water partition coefficient (Wildman–Crippen LogP) is 4.47. The zero-order valence-corrected chi connectivity index (χ0v) is 15.8. The van der Waals surface area contributed by atoms with Crippen molar-refractivity contribution in [1.29, 1.82) is 5.26 Å². The number of fused-ring (bicyclic) bond motifs is 3. The second kappa shape index (κ2) is 6.86. The van der Waals surface area contributed by atoms with E-state index in [0.29, 0.717) is 15.4 Å². The number of hydrogen-bond donors (Lipinski definition) is 0. The SMILES string of the molecule is C[C@@H](C#N)Sc1nc2sc3c(c2c(=O)n1-c1ccccc1F)CCCC3. The molecule has 1 aromatic carbocycles. The van der Waals surface area contributed by atoms with Crippen LogP contribution < -0.4 is 5.56 Å². The van der Waals surface area contributed by atoms with Gasteiger partial charge >= 0.3 is 0 Å². The molecule has 0 spiro atoms. The Balaban J connectivity index is 2.05. The third-order valence-corrected chi connectivity index (χ3v) is 6.64. The second-order valence-corrected chi connectivity index (χ2v) is 8.66. The van der Waals surface area contributed by atoms with E-state index in [1.807, 2.05) is 0 Å². The van der Waals surface area contributed by atoms with Crippen LogP contribution in [0.2, 0.25) is 0 Å². The molecule has 0 fully saturated rings. The van der Waals surface area contributed by atoms with Crippen molar-refractivity contribution in [2.45, 2.75) is 43.0 Å². The van der Waals surface area contributed by atoms with E-state index in [9.17, 15) is 9.18 Å². The lowest BCUT2D eigenvalue weighted by Crippen LogP contribution is -2.23. The smallest absolute Gasteiger partial charge is 0.267 e. The van der Waals surface area contributed by atoms with Gasteiger partial charge in [0, 0.05) is 4.88 Å². The lowest BCUT2D eigenvalue weighted by atomic mass is 9.97. The maximum atomic E-state index is 14.5. The minimum absolute atomic E-state index is 0.176. The van der Waals surface area contributed by atoms with Crippen LogP contribution in [0.1, 0.15) is 30.2 Å². The van der Waals surface area contributed by atoms with E-state index in [1.54, 1.807) is 36.5 Å². The zero-order chi connectivity index (χ0) is 18.3. The summed E-state index contributed by atoms with van der Waals surface area (Å²) in [5.74, 6) is -0.480. The molecule has 0 bridgehead atoms. The molecule has 4 rings (SSSR count). The number of halogens is 1. The molecule has 7 heteroatoms. The van der Waals surface area contributed by atoms with Crippen molar-refractivity contribution in [2.75, 3.05) is 0 Å². The Kier molecular flexibility index (Phi) is 4.55. The van der Waals surface area contributed by atoms with Crippen LogP contribution in [0.15, 0.2) is 34.2 Å². The summed E-state index contributed by atoms with van der Waals surface area (Å²) >= 11 is 2.74. The zero-order valence-electron chi connectivity index (χ0n) is 14.2. The number of rotatable bonds is 3. The first kappa shape index (κ1) is 17.3. The van der Waals surface area contributed by atoms with Gasteiger partial charge in [-0.05, 0) is 50.3 Å². The van der Waals surface area contributed by atoms with E-state index in [-0.39, 0.29) is 11.2 Å². The number of thioether (sulfide) groups is 1. The maximum absolute atomic E-state index is 14.5. The minimum atomic E-state index is -0.480. The van der Waals surface area contributed by atoms with Gasteiger partial charge in [0.15, 0.2) is 5.16 Å². The first-order valence-electron chi connectivity index (χ1n) is 8.48. The number of hydrogen-bond acceptors (Lipinski definition) is 5. The van der Waals surface area contributed by atoms with E-state index >= 15 is 0 Å². The van der Waals surface area contributed by atoms with Crippen molar-refractivity contribution < 1.29 is 4.39 Å². The Hall–Kier alpha value is -2.17. The Morgan fingerprint density at radius 2 is 2.12 bits per heavy atom. The van der Waals surface area contributed by atoms with Crippen molar-refractivity contribution in [1.82, 2.24) is 9.55 Å². The predicted molar refractivity (Wildman–Crippen MR) is 103 cm³/mol. The van der Waals surface area contributed by atoms with Crippen molar-refractivity contribution in [3.8, 4) is 11.8 Å². The van der Waals surface area contributed by atoms with E-state index in [2.05, 4.69) is 11.1 Å². The summed E-state index contributed by atoms with van der Waals surface area (Å²) in [5, 5.41) is 9.75. The average molecular weight is 385 g/mol. The molecule has 0 amide bonds. The number of aryl methyl sites for hydroxylation is 2. The Labute approximate surface area is 158 Å². The molecule has 2 aromatic heterocycles. The molecule has 1 atom stereocenters. The maximum Gasteiger partial charge on any atom is 0.267 e. The molecule has 0 unspecified atom stereocenters. The second-order valence-electron chi connectivity index (χ2n) is 6.27. The molecule has 26 heavy (non-hydrogen) atoms. The van der Waals surface area contributed by atoms with Crippen molar-refractivity contribution >= 4 is 33.3 Å². The first-order chi connectivity index (χ1) is 12.6. The quantitative estimate of drug-likeness (QED) is 0.493. The van der Waals surface area contributed by atoms with Gasteiger partial charge in [-0.1, -0.05) is 23.9 Å². The van der Waals surface area contributed by atoms with Crippen LogP contribution in [0, 0.1) is 17.1 Å². The van der Waals surface area contributed by atoms with E-state index in [1.165, 1.54) is 27.3 Å². The van der Waals surface area contributed by atoms with Crippen LogP contribution in [0.25, 0.3) is 15.9 Å². The largest absolute Gasteiger partial charge is 0.268 e. The van der Waals surface area contributed by atoms with Crippen LogP contribution in [-0.4, -0.2) is 14.8 Å². The van der Waals surface area contributed by atoms with Gasteiger partial charge in [0.05, 0.1) is 22.4 Å². The first-order valence-corrected chi connectivity index (χ1v) is 10.2. The third-order valence-electron chi connectivity index (χ3n) is 4.52. The monoisotopic (exact) mass is 385 g/mol. The van der Waals surface area contributed by atoms with Gasteiger partial charge in [-0.15, -0.1) is 11.3 Å². The Bertz CT molecular complexity index is 1100. The molecular weight excluding hydrogens is 369 g/mol. The van der Waals surface area contributed by atoms with Gasteiger partial charge in [0.2, 0.25) is 0 Å². The highest BCUT2D eigenvalue weighted by Crippen LogP contribution is 2.35. The number of nitriles is 1. The highest BCUT2D eigenvalue weighted by molar-refractivity contribution is 8.00. The van der Waals surface area contributed by atoms with Crippen molar-refractivity contribution in [2.24, 2.45) is 0 Å². The number of nitrogens with zero attached hydrogens (tertiary/aromatic N) is 3. The Morgan fingerprint density at radius 1 is 1.35 bits per heavy atom. The summed E-state index contributed by atoms with van der Waals surface area (Å²) in [6, 6.07) is 8.33. The topological polar surface area (TPSA) is 58.7 Å². The summed E-state index contributed by atoms with van der Waals surface area (Å²) in [4.78, 5) is 20.0. The molecule has 0 N–H and O–H groups in total. The van der Waals surface area contributed by atoms with E-state index in [0.717, 1.165) is 31.2 Å². The Morgan fingerprint density at radius 3 is 2.88 bits per heavy atom. The van der Waals surface area contributed by atoms with Gasteiger partial charge in [-0.2, -0.15) is 5.26 Å². The number of benzene rings is 1. The molecule has 132 valence electrons. The fraction of sp³-hybridized carbons (Fsp3) is 0.316. The molecule has 4 nitrogen and oxygen atoms in total. The minimum Gasteiger partial charge on any atom is -0.268 e. The summed E-state index contributed by atoms with van der Waals surface area (Å²) in [5.41, 5.74) is 1.01. The van der Waals surface area contributed by atoms with E-state index in [4.69, 9.17) is 5.26 Å². The normalized spacial score (nSPS) is 14.8. The lowest BCUT2D eigenvalue weighted by molar-refractivity contribution is 0.608. The molecule has 0 saturated carbocycles.